The van der Waals surface area contributed by atoms with Gasteiger partial charge in [-0.3, -0.25) is 0 Å². The molecule has 0 amide bonds. The first-order chi connectivity index (χ1) is 17.4. The maximum Gasteiger partial charge on any atom is 0.187 e. The van der Waals surface area contributed by atoms with Crippen molar-refractivity contribution < 1.29 is 54.7 Å². The van der Waals surface area contributed by atoms with Gasteiger partial charge in [0.1, 0.15) is 48.8 Å². The second-order valence-electron chi connectivity index (χ2n) is 13.8. The lowest BCUT2D eigenvalue weighted by Gasteiger charge is -2.46. The SMILES string of the molecule is C[Si](C)(C)C[Si](C)(CCCO[C@@H]1O[C@H](CO)C(O[C@H]2O[C@H](CO)[C@@H](O)[C@H](O)[C@H]2O)[C@H](O)[C@H]1O)C[Si](C)(C)C. The average molecular weight is 601 g/mol. The van der Waals surface area contributed by atoms with Gasteiger partial charge in [-0.15, -0.1) is 0 Å². The third-order valence-electron chi connectivity index (χ3n) is 7.08. The van der Waals surface area contributed by atoms with Gasteiger partial charge in [0.15, 0.2) is 12.6 Å². The molecule has 1 unspecified atom stereocenters. The predicted octanol–water partition coefficient (Wildman–Crippen LogP) is -0.149. The van der Waals surface area contributed by atoms with Gasteiger partial charge in [0, 0.05) is 30.8 Å². The number of ether oxygens (including phenoxy) is 4. The molecular weight excluding hydrogens is 549 g/mol. The largest absolute Gasteiger partial charge is 0.394 e. The first-order valence-electron chi connectivity index (χ1n) is 13.6. The van der Waals surface area contributed by atoms with Gasteiger partial charge in [0.25, 0.3) is 0 Å². The lowest BCUT2D eigenvalue weighted by Crippen LogP contribution is -2.64. The van der Waals surface area contributed by atoms with E-state index in [1.54, 1.807) is 0 Å². The van der Waals surface area contributed by atoms with Crippen molar-refractivity contribution in [2.45, 2.75) is 131 Å². The normalized spacial score (nSPS) is 37.4. The van der Waals surface area contributed by atoms with E-state index in [-0.39, 0.29) is 0 Å². The van der Waals surface area contributed by atoms with Gasteiger partial charge in [-0.25, -0.2) is 0 Å². The number of hydrogen-bond acceptors (Lipinski definition) is 11. The molecule has 0 aromatic rings. The lowest BCUT2D eigenvalue weighted by atomic mass is 9.97. The van der Waals surface area contributed by atoms with Gasteiger partial charge in [-0.2, -0.15) is 0 Å². The Morgan fingerprint density at radius 1 is 0.632 bits per heavy atom. The quantitative estimate of drug-likeness (QED) is 0.110. The van der Waals surface area contributed by atoms with Gasteiger partial charge in [0.05, 0.1) is 13.2 Å². The fourth-order valence-corrected chi connectivity index (χ4v) is 30.7. The Labute approximate surface area is 229 Å². The van der Waals surface area contributed by atoms with E-state index in [0.29, 0.717) is 6.61 Å². The Kier molecular flexibility index (Phi) is 12.6. The van der Waals surface area contributed by atoms with E-state index in [1.807, 2.05) is 0 Å². The Hall–Kier alpha value is 0.211. The molecule has 38 heavy (non-hydrogen) atoms. The van der Waals surface area contributed by atoms with Gasteiger partial charge in [-0.05, 0) is 6.42 Å². The highest BCUT2D eigenvalue weighted by atomic mass is 28.4. The minimum Gasteiger partial charge on any atom is -0.394 e. The van der Waals surface area contributed by atoms with Crippen LogP contribution in [0, 0.1) is 0 Å². The van der Waals surface area contributed by atoms with E-state index < -0.39 is 98.8 Å². The molecule has 2 heterocycles. The molecule has 7 N–H and O–H groups in total. The maximum atomic E-state index is 10.8. The fourth-order valence-electron chi connectivity index (χ4n) is 6.19. The summed E-state index contributed by atoms with van der Waals surface area (Å²) >= 11 is 0. The Bertz CT molecular complexity index is 700. The number of aliphatic hydroxyl groups excluding tert-OH is 7. The smallest absolute Gasteiger partial charge is 0.187 e. The van der Waals surface area contributed by atoms with E-state index in [1.165, 1.54) is 11.3 Å². The van der Waals surface area contributed by atoms with Crippen LogP contribution < -0.4 is 0 Å². The third kappa shape index (κ3) is 9.65. The Balaban J connectivity index is 1.98. The second kappa shape index (κ2) is 13.9. The highest BCUT2D eigenvalue weighted by Gasteiger charge is 2.50. The monoisotopic (exact) mass is 600 g/mol. The van der Waals surface area contributed by atoms with Crippen molar-refractivity contribution >= 4 is 24.2 Å². The molecule has 2 aliphatic rings. The molecule has 226 valence electrons. The predicted molar refractivity (Wildman–Crippen MR) is 150 cm³/mol. The van der Waals surface area contributed by atoms with Crippen LogP contribution in [0.3, 0.4) is 0 Å². The minimum absolute atomic E-state index is 0.338. The summed E-state index contributed by atoms with van der Waals surface area (Å²) < 4.78 is 22.5. The average Bonchev–Trinajstić information content (AvgIpc) is 2.78. The van der Waals surface area contributed by atoms with Crippen LogP contribution in [0.4, 0.5) is 0 Å². The van der Waals surface area contributed by atoms with Crippen LogP contribution in [0.15, 0.2) is 0 Å². The molecule has 2 fully saturated rings. The zero-order chi connectivity index (χ0) is 29.1. The van der Waals surface area contributed by atoms with Crippen LogP contribution in [0.25, 0.3) is 0 Å². The first kappa shape index (κ1) is 34.4. The summed E-state index contributed by atoms with van der Waals surface area (Å²) in [5, 5.41) is 71.0. The molecule has 14 heteroatoms. The molecule has 11 nitrogen and oxygen atoms in total. The first-order valence-corrected chi connectivity index (χ1v) is 24.1. The van der Waals surface area contributed by atoms with Crippen molar-refractivity contribution in [3.63, 3.8) is 0 Å². The summed E-state index contributed by atoms with van der Waals surface area (Å²) in [6, 6.07) is 1.11. The lowest BCUT2D eigenvalue weighted by molar-refractivity contribution is -0.359. The van der Waals surface area contributed by atoms with E-state index in [2.05, 4.69) is 45.8 Å². The van der Waals surface area contributed by atoms with Crippen LogP contribution in [0.5, 0.6) is 0 Å². The zero-order valence-corrected chi connectivity index (χ0v) is 27.0. The van der Waals surface area contributed by atoms with E-state index >= 15 is 0 Å². The molecule has 2 aliphatic heterocycles. The van der Waals surface area contributed by atoms with Crippen molar-refractivity contribution in [3.05, 3.63) is 0 Å². The summed E-state index contributed by atoms with van der Waals surface area (Å²) in [4.78, 5) is 0. The van der Waals surface area contributed by atoms with Crippen LogP contribution in [-0.2, 0) is 18.9 Å². The molecule has 2 saturated heterocycles. The number of aliphatic hydroxyl groups is 7. The van der Waals surface area contributed by atoms with Crippen LogP contribution in [0.2, 0.25) is 63.2 Å². The molecule has 0 aromatic heterocycles. The topological polar surface area (TPSA) is 179 Å². The van der Waals surface area contributed by atoms with Gasteiger partial charge < -0.3 is 54.7 Å². The van der Waals surface area contributed by atoms with E-state index in [4.69, 9.17) is 18.9 Å². The summed E-state index contributed by atoms with van der Waals surface area (Å²) in [6.45, 7) is 16.1. The van der Waals surface area contributed by atoms with Crippen molar-refractivity contribution in [1.29, 1.82) is 0 Å². The molecule has 0 spiro atoms. The standard InChI is InChI=1S/C24H52O11Si3/c1-36(2,3)13-38(7,14-37(4,5)6)10-8-9-32-23-21(31)19(29)22(16(12-26)34-23)35-24-20(30)18(28)17(27)15(11-25)33-24/h15-31H,8-14H2,1-7H3/t15-,16-,17-,18+,19-,20-,21-,22?,23-,24-/m1/s1. The molecule has 0 radical (unpaired) electrons. The summed E-state index contributed by atoms with van der Waals surface area (Å²) in [5.74, 6) is 0. The number of hydrogen-bond donors (Lipinski definition) is 7. The minimum atomic E-state index is -1.70. The zero-order valence-electron chi connectivity index (χ0n) is 24.0. The maximum absolute atomic E-state index is 10.8. The molecule has 0 aliphatic carbocycles. The molecule has 2 rings (SSSR count). The van der Waals surface area contributed by atoms with Gasteiger partial charge in [0.2, 0.25) is 0 Å². The Morgan fingerprint density at radius 3 is 1.63 bits per heavy atom. The highest BCUT2D eigenvalue weighted by Crippen LogP contribution is 2.33. The van der Waals surface area contributed by atoms with Crippen LogP contribution in [-0.4, -0.2) is 141 Å². The van der Waals surface area contributed by atoms with E-state index in [0.717, 1.165) is 12.5 Å². The number of rotatable bonds is 13. The highest BCUT2D eigenvalue weighted by molar-refractivity contribution is 7.02. The Morgan fingerprint density at radius 2 is 1.13 bits per heavy atom. The van der Waals surface area contributed by atoms with Crippen LogP contribution >= 0.6 is 0 Å². The molecule has 0 saturated carbocycles. The summed E-state index contributed by atoms with van der Waals surface area (Å²) in [5.41, 5.74) is 2.71. The van der Waals surface area contributed by atoms with Gasteiger partial charge in [-0.1, -0.05) is 63.2 Å². The molecule has 0 bridgehead atoms. The third-order valence-corrected chi connectivity index (χ3v) is 24.0. The van der Waals surface area contributed by atoms with Crippen LogP contribution in [0.1, 0.15) is 6.42 Å². The second-order valence-corrected chi connectivity index (χ2v) is 31.0. The van der Waals surface area contributed by atoms with Crippen molar-refractivity contribution in [3.8, 4) is 0 Å². The van der Waals surface area contributed by atoms with Crippen molar-refractivity contribution in [1.82, 2.24) is 0 Å². The van der Waals surface area contributed by atoms with Crippen molar-refractivity contribution in [2.24, 2.45) is 0 Å². The molecular formula is C24H52O11Si3. The summed E-state index contributed by atoms with van der Waals surface area (Å²) in [7, 11) is -3.95. The van der Waals surface area contributed by atoms with Crippen molar-refractivity contribution in [2.75, 3.05) is 19.8 Å². The summed E-state index contributed by atoms with van der Waals surface area (Å²) in [6.07, 6.45) is -13.6. The van der Waals surface area contributed by atoms with Gasteiger partial charge >= 0.3 is 0 Å². The fraction of sp³-hybridized carbons (Fsp3) is 1.00. The molecule has 0 aromatic carbocycles. The van der Waals surface area contributed by atoms with E-state index in [9.17, 15) is 35.7 Å². The molecule has 10 atom stereocenters.